The van der Waals surface area contributed by atoms with Gasteiger partial charge in [0, 0.05) is 18.8 Å². The maximum Gasteiger partial charge on any atom is 0.262 e. The van der Waals surface area contributed by atoms with E-state index in [4.69, 9.17) is 9.47 Å². The van der Waals surface area contributed by atoms with Crippen LogP contribution in [0.5, 0.6) is 11.5 Å². The molecule has 5 nitrogen and oxygen atoms in total. The first-order chi connectivity index (χ1) is 17.7. The topological polar surface area (TPSA) is 50.8 Å². The highest BCUT2D eigenvalue weighted by molar-refractivity contribution is 5.91. The number of rotatable bonds is 8. The monoisotopic (exact) mass is 478 g/mol. The van der Waals surface area contributed by atoms with Crippen LogP contribution in [0.2, 0.25) is 0 Å². The lowest BCUT2D eigenvalue weighted by Crippen LogP contribution is -2.35. The van der Waals surface area contributed by atoms with Crippen LogP contribution in [-0.2, 0) is 17.8 Å². The number of hydrogen-bond donors (Lipinski definition) is 1. The van der Waals surface area contributed by atoms with Gasteiger partial charge in [-0.3, -0.25) is 9.69 Å². The minimum absolute atomic E-state index is 0.0610. The minimum Gasteiger partial charge on any atom is -0.497 e. The van der Waals surface area contributed by atoms with E-state index in [9.17, 15) is 4.79 Å². The highest BCUT2D eigenvalue weighted by atomic mass is 16.5. The molecule has 5 rings (SSSR count). The van der Waals surface area contributed by atoms with Crippen LogP contribution < -0.4 is 14.8 Å². The van der Waals surface area contributed by atoms with Crippen LogP contribution in [0, 0.1) is 0 Å². The molecule has 1 heterocycles. The summed E-state index contributed by atoms with van der Waals surface area (Å²) in [5, 5.41) is 2.87. The Labute approximate surface area is 212 Å². The maximum absolute atomic E-state index is 12.5. The summed E-state index contributed by atoms with van der Waals surface area (Å²) < 4.78 is 11.1. The summed E-state index contributed by atoms with van der Waals surface area (Å²) in [6, 6.07) is 34.8. The van der Waals surface area contributed by atoms with Crippen molar-refractivity contribution in [3.8, 4) is 11.5 Å². The molecule has 0 saturated heterocycles. The number of carbonyl (C=O) groups is 1. The maximum atomic E-state index is 12.5. The molecule has 1 aliphatic heterocycles. The van der Waals surface area contributed by atoms with Crippen molar-refractivity contribution in [2.45, 2.75) is 19.0 Å². The van der Waals surface area contributed by atoms with Crippen molar-refractivity contribution < 1.29 is 14.3 Å². The van der Waals surface area contributed by atoms with Crippen LogP contribution in [0.25, 0.3) is 0 Å². The Kier molecular flexibility index (Phi) is 7.29. The van der Waals surface area contributed by atoms with Gasteiger partial charge in [0.2, 0.25) is 0 Å². The summed E-state index contributed by atoms with van der Waals surface area (Å²) >= 11 is 0. The highest BCUT2D eigenvalue weighted by Gasteiger charge is 2.29. The number of fused-ring (bicyclic) bond motifs is 1. The third kappa shape index (κ3) is 5.58. The number of hydrogen-bond acceptors (Lipinski definition) is 4. The number of carbonyl (C=O) groups excluding carboxylic acids is 1. The van der Waals surface area contributed by atoms with E-state index in [0.29, 0.717) is 11.4 Å². The second kappa shape index (κ2) is 11.1. The fourth-order valence-electron chi connectivity index (χ4n) is 4.77. The van der Waals surface area contributed by atoms with Gasteiger partial charge in [0.1, 0.15) is 11.5 Å². The van der Waals surface area contributed by atoms with Gasteiger partial charge in [-0.05, 0) is 65.1 Å². The molecule has 182 valence electrons. The fourth-order valence-corrected chi connectivity index (χ4v) is 4.77. The number of methoxy groups -OCH3 is 1. The number of nitrogens with zero attached hydrogens (tertiary/aromatic N) is 1. The smallest absolute Gasteiger partial charge is 0.262 e. The molecule has 0 fully saturated rings. The molecule has 4 aromatic rings. The first kappa shape index (κ1) is 23.6. The first-order valence-corrected chi connectivity index (χ1v) is 12.2. The zero-order chi connectivity index (χ0) is 24.7. The minimum atomic E-state index is -0.205. The molecule has 4 aromatic carbocycles. The number of amides is 1. The fraction of sp³-hybridized carbons (Fsp3) is 0.194. The Morgan fingerprint density at radius 3 is 2.31 bits per heavy atom. The van der Waals surface area contributed by atoms with Gasteiger partial charge in [-0.2, -0.15) is 0 Å². The van der Waals surface area contributed by atoms with E-state index in [1.165, 1.54) is 22.3 Å². The Balaban J connectivity index is 1.34. The Morgan fingerprint density at radius 1 is 0.889 bits per heavy atom. The predicted octanol–water partition coefficient (Wildman–Crippen LogP) is 5.86. The molecule has 0 spiro atoms. The normalized spacial score (nSPS) is 15.1. The van der Waals surface area contributed by atoms with Crippen LogP contribution in [0.1, 0.15) is 28.3 Å². The molecule has 0 aromatic heterocycles. The SMILES string of the molecule is COc1ccc(NC(=O)COc2ccc3c(c2)[C@H](c2ccccc2)N(Cc2ccccc2)CC3)cc1. The second-order valence-electron chi connectivity index (χ2n) is 8.95. The van der Waals surface area contributed by atoms with Crippen LogP contribution >= 0.6 is 0 Å². The summed E-state index contributed by atoms with van der Waals surface area (Å²) in [7, 11) is 1.61. The van der Waals surface area contributed by atoms with E-state index >= 15 is 0 Å². The van der Waals surface area contributed by atoms with Gasteiger partial charge in [-0.25, -0.2) is 0 Å². The molecule has 5 heteroatoms. The number of anilines is 1. The van der Waals surface area contributed by atoms with Gasteiger partial charge in [0.15, 0.2) is 6.61 Å². The zero-order valence-corrected chi connectivity index (χ0v) is 20.4. The molecule has 1 aliphatic rings. The predicted molar refractivity (Wildman–Crippen MR) is 142 cm³/mol. The van der Waals surface area contributed by atoms with E-state index in [1.54, 1.807) is 19.2 Å². The standard InChI is InChI=1S/C31H30N2O3/c1-35-27-16-13-26(14-17-27)32-30(34)22-36-28-15-12-24-18-19-33(21-23-8-4-2-5-9-23)31(29(24)20-28)25-10-6-3-7-11-25/h2-17,20,31H,18-19,21-22H2,1H3,(H,32,34)/t31-/m0/s1. The molecule has 1 N–H and O–H groups in total. The zero-order valence-electron chi connectivity index (χ0n) is 20.4. The molecule has 0 aliphatic carbocycles. The van der Waals surface area contributed by atoms with E-state index in [2.05, 4.69) is 83.0 Å². The van der Waals surface area contributed by atoms with Gasteiger partial charge in [0.05, 0.1) is 13.2 Å². The molecular formula is C31H30N2O3. The molecular weight excluding hydrogens is 448 g/mol. The average molecular weight is 479 g/mol. The van der Waals surface area contributed by atoms with E-state index in [1.807, 2.05) is 18.2 Å². The summed E-state index contributed by atoms with van der Waals surface area (Å²) in [6.07, 6.45) is 0.976. The number of benzene rings is 4. The van der Waals surface area contributed by atoms with Crippen molar-refractivity contribution in [1.29, 1.82) is 0 Å². The van der Waals surface area contributed by atoms with Crippen LogP contribution in [-0.4, -0.2) is 31.1 Å². The highest BCUT2D eigenvalue weighted by Crippen LogP contribution is 2.38. The van der Waals surface area contributed by atoms with Crippen LogP contribution in [0.3, 0.4) is 0 Å². The molecule has 0 radical (unpaired) electrons. The molecule has 1 atom stereocenters. The van der Waals surface area contributed by atoms with Crippen molar-refractivity contribution in [2.24, 2.45) is 0 Å². The molecule has 0 unspecified atom stereocenters. The average Bonchev–Trinajstić information content (AvgIpc) is 2.93. The van der Waals surface area contributed by atoms with Gasteiger partial charge in [-0.1, -0.05) is 66.7 Å². The van der Waals surface area contributed by atoms with Crippen molar-refractivity contribution in [1.82, 2.24) is 4.90 Å². The van der Waals surface area contributed by atoms with Crippen molar-refractivity contribution in [2.75, 3.05) is 25.6 Å². The molecule has 36 heavy (non-hydrogen) atoms. The second-order valence-corrected chi connectivity index (χ2v) is 8.95. The Morgan fingerprint density at radius 2 is 1.58 bits per heavy atom. The van der Waals surface area contributed by atoms with Gasteiger partial charge in [-0.15, -0.1) is 0 Å². The van der Waals surface area contributed by atoms with Crippen LogP contribution in [0.15, 0.2) is 103 Å². The van der Waals surface area contributed by atoms with Crippen LogP contribution in [0.4, 0.5) is 5.69 Å². The summed E-state index contributed by atoms with van der Waals surface area (Å²) in [6.45, 7) is 1.79. The van der Waals surface area contributed by atoms with Crippen molar-refractivity contribution >= 4 is 11.6 Å². The molecule has 1 amide bonds. The van der Waals surface area contributed by atoms with E-state index in [0.717, 1.165) is 25.3 Å². The lowest BCUT2D eigenvalue weighted by atomic mass is 9.87. The van der Waals surface area contributed by atoms with Crippen molar-refractivity contribution in [3.05, 3.63) is 125 Å². The number of nitrogens with one attached hydrogen (secondary N) is 1. The third-order valence-electron chi connectivity index (χ3n) is 6.53. The summed E-state index contributed by atoms with van der Waals surface area (Å²) in [5.74, 6) is 1.23. The van der Waals surface area contributed by atoms with E-state index < -0.39 is 0 Å². The van der Waals surface area contributed by atoms with Gasteiger partial charge < -0.3 is 14.8 Å². The quantitative estimate of drug-likeness (QED) is 0.345. The number of ether oxygens (including phenoxy) is 2. The third-order valence-corrected chi connectivity index (χ3v) is 6.53. The Bertz CT molecular complexity index is 1290. The summed E-state index contributed by atoms with van der Waals surface area (Å²) in [4.78, 5) is 15.0. The van der Waals surface area contributed by atoms with Gasteiger partial charge >= 0.3 is 0 Å². The molecule has 0 bridgehead atoms. The van der Waals surface area contributed by atoms with Gasteiger partial charge in [0.25, 0.3) is 5.91 Å². The first-order valence-electron chi connectivity index (χ1n) is 12.2. The lowest BCUT2D eigenvalue weighted by Gasteiger charge is -2.38. The van der Waals surface area contributed by atoms with E-state index in [-0.39, 0.29) is 18.6 Å². The summed E-state index contributed by atoms with van der Waals surface area (Å²) in [5.41, 5.74) is 5.81. The lowest BCUT2D eigenvalue weighted by molar-refractivity contribution is -0.118. The largest absolute Gasteiger partial charge is 0.497 e. The Hall–Kier alpha value is -4.09. The van der Waals surface area contributed by atoms with Crippen molar-refractivity contribution in [3.63, 3.8) is 0 Å². The molecule has 0 saturated carbocycles.